The average Bonchev–Trinajstić information content (AvgIpc) is 3.92. The fourth-order valence-corrected chi connectivity index (χ4v) is 10.4. The Bertz CT molecular complexity index is 3520. The van der Waals surface area contributed by atoms with Gasteiger partial charge in [-0.05, 0) is 105 Å². The molecule has 0 spiro atoms. The molecule has 0 fully saturated rings. The Balaban J connectivity index is 0.000000260. The molecule has 3 aromatic heterocycles. The maximum atomic E-state index is 8.08. The molecule has 0 saturated carbocycles. The molecule has 10 aromatic rings. The summed E-state index contributed by atoms with van der Waals surface area (Å²) in [7, 11) is -1.40. The smallest absolute Gasteiger partial charge is 0.121 e. The summed E-state index contributed by atoms with van der Waals surface area (Å²) in [4.78, 5) is 9.73. The molecule has 0 saturated heterocycles. The molecule has 0 N–H and O–H groups in total. The minimum absolute atomic E-state index is 0. The normalized spacial score (nSPS) is 12.5. The zero-order valence-corrected chi connectivity index (χ0v) is 47.0. The summed E-state index contributed by atoms with van der Waals surface area (Å²) in [6, 6.07) is 57.1. The Kier molecular flexibility index (Phi) is 13.7. The third-order valence-electron chi connectivity index (χ3n) is 13.4. The molecule has 0 amide bonds. The molecule has 0 bridgehead atoms. The molecular weight excluding hydrogens is 1060 g/mol. The molecule has 0 unspecified atom stereocenters. The molecule has 0 aliphatic carbocycles. The largest absolute Gasteiger partial charge is 0.501 e. The van der Waals surface area contributed by atoms with Crippen LogP contribution in [0, 0.1) is 12.1 Å². The van der Waals surface area contributed by atoms with Crippen LogP contribution in [0.3, 0.4) is 0 Å². The van der Waals surface area contributed by atoms with Crippen molar-refractivity contribution in [1.29, 1.82) is 0 Å². The van der Waals surface area contributed by atoms with Gasteiger partial charge < -0.3 is 14.0 Å². The quantitative estimate of drug-likeness (QED) is 0.112. The van der Waals surface area contributed by atoms with Crippen LogP contribution in [0.4, 0.5) is 0 Å². The Hall–Kier alpha value is -6.17. The Morgan fingerprint density at radius 2 is 1.24 bits per heavy atom. The fourth-order valence-electron chi connectivity index (χ4n) is 9.25. The second-order valence-corrected chi connectivity index (χ2v) is 27.5. The van der Waals surface area contributed by atoms with E-state index in [0.29, 0.717) is 12.1 Å². The van der Waals surface area contributed by atoms with Crippen LogP contribution in [-0.2, 0) is 30.9 Å². The molecule has 71 heavy (non-hydrogen) atoms. The van der Waals surface area contributed by atoms with Gasteiger partial charge in [-0.1, -0.05) is 190 Å². The van der Waals surface area contributed by atoms with Gasteiger partial charge in [0.2, 0.25) is 0 Å². The van der Waals surface area contributed by atoms with E-state index < -0.39 is 8.07 Å². The van der Waals surface area contributed by atoms with Crippen molar-refractivity contribution in [1.82, 2.24) is 14.5 Å². The van der Waals surface area contributed by atoms with Gasteiger partial charge in [-0.15, -0.1) is 53.6 Å². The average molecular weight is 1130 g/mol. The van der Waals surface area contributed by atoms with Crippen LogP contribution in [0.1, 0.15) is 106 Å². The number of imidazole rings is 1. The van der Waals surface area contributed by atoms with Gasteiger partial charge in [-0.3, -0.25) is 4.98 Å². The molecule has 3 heterocycles. The number of nitrogens with zero attached hydrogens (tertiary/aromatic N) is 3. The first-order valence-electron chi connectivity index (χ1n) is 25.8. The number of fused-ring (bicyclic) bond motifs is 4. The van der Waals surface area contributed by atoms with Gasteiger partial charge in [0.25, 0.3) is 0 Å². The van der Waals surface area contributed by atoms with Crippen molar-refractivity contribution in [2.45, 2.75) is 112 Å². The number of hydrogen-bond acceptors (Lipinski definition) is 3. The summed E-state index contributed by atoms with van der Waals surface area (Å²) in [5.74, 6) is 1.40. The first-order valence-corrected chi connectivity index (χ1v) is 28.3. The van der Waals surface area contributed by atoms with Crippen LogP contribution in [0.15, 0.2) is 162 Å². The van der Waals surface area contributed by atoms with Crippen LogP contribution in [-0.4, -0.2) is 22.6 Å². The Morgan fingerprint density at radius 1 is 0.620 bits per heavy atom. The van der Waals surface area contributed by atoms with Crippen LogP contribution in [0.5, 0.6) is 0 Å². The first kappa shape index (κ1) is 48.5. The van der Waals surface area contributed by atoms with E-state index in [-0.39, 0.29) is 42.8 Å². The Morgan fingerprint density at radius 3 is 1.89 bits per heavy atom. The van der Waals surface area contributed by atoms with E-state index in [1.165, 1.54) is 38.7 Å². The number of furan rings is 1. The number of aromatic nitrogens is 3. The van der Waals surface area contributed by atoms with Gasteiger partial charge in [0, 0.05) is 37.4 Å². The monoisotopic (exact) mass is 1130 g/mol. The maximum absolute atomic E-state index is 8.08. The topological polar surface area (TPSA) is 43.9 Å². The van der Waals surface area contributed by atoms with Gasteiger partial charge in [0.05, 0.1) is 31.9 Å². The first-order chi connectivity index (χ1) is 34.1. The Labute approximate surface area is 439 Å². The van der Waals surface area contributed by atoms with Gasteiger partial charge >= 0.3 is 0 Å². The number of rotatable bonds is 8. The van der Waals surface area contributed by atoms with Crippen LogP contribution < -0.4 is 5.19 Å². The number of hydrogen-bond donors (Lipinski definition) is 0. The van der Waals surface area contributed by atoms with Crippen molar-refractivity contribution < 1.29 is 27.3 Å². The van der Waals surface area contributed by atoms with Gasteiger partial charge in [-0.25, -0.2) is 0 Å². The van der Waals surface area contributed by atoms with Crippen molar-refractivity contribution in [3.05, 3.63) is 192 Å². The summed E-state index contributed by atoms with van der Waals surface area (Å²) in [5, 5.41) is 3.64. The second-order valence-electron chi connectivity index (χ2n) is 22.4. The minimum Gasteiger partial charge on any atom is -0.501 e. The van der Waals surface area contributed by atoms with Crippen LogP contribution in [0.2, 0.25) is 19.6 Å². The second kappa shape index (κ2) is 20.1. The molecule has 363 valence electrons. The number of pyridine rings is 1. The third kappa shape index (κ3) is 10.6. The van der Waals surface area contributed by atoms with E-state index in [1.54, 1.807) is 12.3 Å². The molecule has 7 aromatic carbocycles. The van der Waals surface area contributed by atoms with Crippen LogP contribution >= 0.6 is 0 Å². The van der Waals surface area contributed by atoms with E-state index in [0.717, 1.165) is 72.3 Å². The summed E-state index contributed by atoms with van der Waals surface area (Å²) in [6.45, 7) is 29.0. The molecular formula is C65H67IrN3OSi-2. The van der Waals surface area contributed by atoms with E-state index in [9.17, 15) is 0 Å². The van der Waals surface area contributed by atoms with E-state index in [1.807, 2.05) is 24.3 Å². The van der Waals surface area contributed by atoms with Crippen molar-refractivity contribution in [2.24, 2.45) is 0 Å². The molecule has 0 aliphatic heterocycles. The molecule has 0 atom stereocenters. The third-order valence-corrected chi connectivity index (χ3v) is 15.5. The summed E-state index contributed by atoms with van der Waals surface area (Å²) >= 11 is 0. The minimum atomic E-state index is -1.40. The molecule has 0 aliphatic rings. The number of benzene rings is 7. The summed E-state index contributed by atoms with van der Waals surface area (Å²) in [6.07, 6.45) is 1.61. The standard InChI is InChI=1S/C46H43N2OSi.C19H24N.Ir/c1-29(2)39-26-34(32-20-23-35(24-21-32)50(5,6)7)27-40(30(3)4)44(39)48-42-19-12-11-18-41(42)47-46(48)38-17-13-16-37-36-25-22-33(28-43(36)49-45(37)38)31-14-9-8-10-15-31;1-18(2,3)15-9-7-8-14(12-15)17-13-16(10-11-20-17)19(4,5)6;/h8-16,18-30H,1-7H3;7,9-13H,1-6H3;/q2*-1;/i;9D,10D;. The van der Waals surface area contributed by atoms with Crippen molar-refractivity contribution in [3.63, 3.8) is 0 Å². The van der Waals surface area contributed by atoms with E-state index in [2.05, 4.69) is 220 Å². The predicted octanol–water partition coefficient (Wildman–Crippen LogP) is 17.7. The van der Waals surface area contributed by atoms with Crippen molar-refractivity contribution >= 4 is 46.2 Å². The molecule has 6 heteroatoms. The zero-order chi connectivity index (χ0) is 51.4. The molecule has 1 radical (unpaired) electrons. The molecule has 10 rings (SSSR count). The maximum Gasteiger partial charge on any atom is 0.121 e. The predicted molar refractivity (Wildman–Crippen MR) is 301 cm³/mol. The SMILES string of the molecule is CC(C)c1cc(-c2ccc([Si](C)(C)C)cc2)cc(C(C)C)c1-n1c(-c2[c-]ccc3c2oc2cc(-c4ccccc4)ccc23)nc2ccccc21.[2H]c1c[c-]c(-c2cc(C(C)(C)C)c([2H])cn2)cc1C(C)(C)C.[Ir]. The van der Waals surface area contributed by atoms with Gasteiger partial charge in [-0.2, -0.15) is 0 Å². The van der Waals surface area contributed by atoms with Crippen molar-refractivity contribution in [2.75, 3.05) is 0 Å². The fraction of sp³-hybridized carbons (Fsp3) is 0.262. The van der Waals surface area contributed by atoms with E-state index in [4.69, 9.17) is 12.1 Å². The van der Waals surface area contributed by atoms with Crippen LogP contribution in [0.25, 0.3) is 83.6 Å². The van der Waals surface area contributed by atoms with Gasteiger partial charge in [0.15, 0.2) is 0 Å². The number of para-hydroxylation sites is 2. The zero-order valence-electron chi connectivity index (χ0n) is 45.6. The molecule has 4 nitrogen and oxygen atoms in total. The van der Waals surface area contributed by atoms with Gasteiger partial charge in [0.1, 0.15) is 5.58 Å². The summed E-state index contributed by atoms with van der Waals surface area (Å²) < 4.78 is 25.3. The van der Waals surface area contributed by atoms with Crippen molar-refractivity contribution in [3.8, 4) is 50.6 Å². The summed E-state index contributed by atoms with van der Waals surface area (Å²) in [5.41, 5.74) is 16.6. The van der Waals surface area contributed by atoms with E-state index >= 15 is 0 Å².